The molecule has 0 fully saturated rings. The highest BCUT2D eigenvalue weighted by Crippen LogP contribution is 2.23. The number of methoxy groups -OCH3 is 1. The lowest BCUT2D eigenvalue weighted by Gasteiger charge is -2.28. The summed E-state index contributed by atoms with van der Waals surface area (Å²) in [5.74, 6) is -1.60. The van der Waals surface area contributed by atoms with Crippen molar-refractivity contribution >= 4 is 23.9 Å². The van der Waals surface area contributed by atoms with Crippen LogP contribution in [0.5, 0.6) is 11.5 Å². The van der Waals surface area contributed by atoms with Crippen LogP contribution in [0.3, 0.4) is 0 Å². The maximum atomic E-state index is 13.0. The van der Waals surface area contributed by atoms with Crippen LogP contribution in [0, 0.1) is 0 Å². The van der Waals surface area contributed by atoms with E-state index in [0.717, 1.165) is 31.2 Å². The summed E-state index contributed by atoms with van der Waals surface area (Å²) in [6.07, 6.45) is 4.37. The fourth-order valence-electron chi connectivity index (χ4n) is 4.98. The van der Waals surface area contributed by atoms with Crippen LogP contribution in [0.1, 0.15) is 95.7 Å². The first-order valence-corrected chi connectivity index (χ1v) is 17.8. The number of phenols is 1. The second kappa shape index (κ2) is 22.6. The number of hydrogen-bond acceptors (Lipinski definition) is 13. The van der Waals surface area contributed by atoms with E-state index in [1.54, 1.807) is 49.9 Å². The van der Waals surface area contributed by atoms with Gasteiger partial charge in [0.1, 0.15) is 17.1 Å². The van der Waals surface area contributed by atoms with Crippen LogP contribution in [0.2, 0.25) is 0 Å². The molecule has 1 aromatic carbocycles. The molecule has 2 aromatic rings. The van der Waals surface area contributed by atoms with Crippen molar-refractivity contribution in [3.8, 4) is 11.5 Å². The van der Waals surface area contributed by atoms with Gasteiger partial charge in [0, 0.05) is 50.3 Å². The molecule has 0 atom stereocenters. The number of carbonyl (C=O) groups is 4. The van der Waals surface area contributed by atoms with Crippen LogP contribution in [0.25, 0.3) is 0 Å². The molecule has 0 aliphatic carbocycles. The van der Waals surface area contributed by atoms with Gasteiger partial charge in [0.15, 0.2) is 0 Å². The SMILES string of the molecule is CCCCOC(=O)CCc1ccc(O)c(CN(CCN(CC(=O)OCCCC)Cc2cc(CCC(=O)OC)ccc2O)CC(=O)OC(C)(C)C)n1. The summed E-state index contributed by atoms with van der Waals surface area (Å²) in [4.78, 5) is 57.9. The molecule has 2 rings (SSSR count). The standard InChI is InChI=1S/C38H57N3O10/c1-7-9-21-49-35(45)18-14-30-13-16-33(43)31(39-30)25-41(27-37(47)51-38(3,4)5)20-19-40(26-36(46)50-22-10-8-2)24-29-23-28(11-15-32(29)42)12-17-34(44)48-6/h11,13,15-16,23,42-43H,7-10,12,14,17-22,24-27H2,1-6H3. The highest BCUT2D eigenvalue weighted by molar-refractivity contribution is 5.72. The highest BCUT2D eigenvalue weighted by Gasteiger charge is 2.23. The van der Waals surface area contributed by atoms with Crippen LogP contribution in [0.15, 0.2) is 30.3 Å². The van der Waals surface area contributed by atoms with Gasteiger partial charge in [-0.2, -0.15) is 0 Å². The van der Waals surface area contributed by atoms with Gasteiger partial charge in [-0.1, -0.05) is 38.8 Å². The number of pyridine rings is 1. The van der Waals surface area contributed by atoms with E-state index in [-0.39, 0.29) is 75.5 Å². The molecule has 13 nitrogen and oxygen atoms in total. The number of rotatable bonds is 23. The zero-order valence-electron chi connectivity index (χ0n) is 31.2. The largest absolute Gasteiger partial charge is 0.508 e. The predicted molar refractivity (Wildman–Crippen MR) is 191 cm³/mol. The van der Waals surface area contributed by atoms with Crippen molar-refractivity contribution in [1.82, 2.24) is 14.8 Å². The van der Waals surface area contributed by atoms with Crippen molar-refractivity contribution in [2.45, 2.75) is 105 Å². The molecule has 0 aliphatic heterocycles. The number of aryl methyl sites for hydroxylation is 2. The minimum Gasteiger partial charge on any atom is -0.508 e. The first-order valence-electron chi connectivity index (χ1n) is 17.8. The number of phenolic OH excluding ortho intramolecular Hbond substituents is 1. The third kappa shape index (κ3) is 18.0. The van der Waals surface area contributed by atoms with E-state index in [2.05, 4.69) is 4.98 Å². The van der Waals surface area contributed by atoms with Gasteiger partial charge < -0.3 is 29.2 Å². The predicted octanol–water partition coefficient (Wildman–Crippen LogP) is 4.86. The average molecular weight is 716 g/mol. The number of aromatic nitrogens is 1. The summed E-state index contributed by atoms with van der Waals surface area (Å²) in [6.45, 7) is 10.6. The Morgan fingerprint density at radius 2 is 1.33 bits per heavy atom. The van der Waals surface area contributed by atoms with Crippen molar-refractivity contribution in [2.75, 3.05) is 46.5 Å². The average Bonchev–Trinajstić information content (AvgIpc) is 3.06. The van der Waals surface area contributed by atoms with E-state index in [0.29, 0.717) is 43.0 Å². The molecule has 1 aromatic heterocycles. The first-order chi connectivity index (χ1) is 24.2. The molecule has 0 unspecified atom stereocenters. The Labute approximate surface area is 302 Å². The molecular formula is C38H57N3O10. The molecule has 0 saturated heterocycles. The zero-order chi connectivity index (χ0) is 37.8. The maximum absolute atomic E-state index is 13.0. The number of esters is 4. The van der Waals surface area contributed by atoms with E-state index in [1.165, 1.54) is 13.2 Å². The van der Waals surface area contributed by atoms with Crippen LogP contribution >= 0.6 is 0 Å². The van der Waals surface area contributed by atoms with Gasteiger partial charge in [-0.3, -0.25) is 34.0 Å². The van der Waals surface area contributed by atoms with Crippen LogP contribution in [0.4, 0.5) is 0 Å². The monoisotopic (exact) mass is 715 g/mol. The van der Waals surface area contributed by atoms with Gasteiger partial charge in [-0.25, -0.2) is 0 Å². The molecule has 2 N–H and O–H groups in total. The van der Waals surface area contributed by atoms with Crippen molar-refractivity contribution in [3.05, 3.63) is 52.8 Å². The lowest BCUT2D eigenvalue weighted by Crippen LogP contribution is -2.41. The number of carbonyl (C=O) groups excluding carboxylic acids is 4. The van der Waals surface area contributed by atoms with Gasteiger partial charge in [0.25, 0.3) is 0 Å². The third-order valence-corrected chi connectivity index (χ3v) is 7.73. The van der Waals surface area contributed by atoms with Crippen molar-refractivity contribution in [3.63, 3.8) is 0 Å². The van der Waals surface area contributed by atoms with E-state index in [9.17, 15) is 29.4 Å². The molecule has 13 heteroatoms. The summed E-state index contributed by atoms with van der Waals surface area (Å²) in [5.41, 5.74) is 1.56. The summed E-state index contributed by atoms with van der Waals surface area (Å²) >= 11 is 0. The normalized spacial score (nSPS) is 11.5. The first kappa shape index (κ1) is 42.9. The third-order valence-electron chi connectivity index (χ3n) is 7.73. The summed E-state index contributed by atoms with van der Waals surface area (Å²) in [7, 11) is 1.33. The summed E-state index contributed by atoms with van der Waals surface area (Å²) in [5, 5.41) is 21.5. The molecule has 0 spiro atoms. The molecule has 0 bridgehead atoms. The zero-order valence-corrected chi connectivity index (χ0v) is 31.2. The number of hydrogen-bond donors (Lipinski definition) is 2. The van der Waals surface area contributed by atoms with Crippen molar-refractivity contribution < 1.29 is 48.3 Å². The van der Waals surface area contributed by atoms with Gasteiger partial charge in [-0.15, -0.1) is 0 Å². The second-order valence-electron chi connectivity index (χ2n) is 13.5. The van der Waals surface area contributed by atoms with Gasteiger partial charge in [0.05, 0.1) is 45.5 Å². The molecule has 1 heterocycles. The number of ether oxygens (including phenoxy) is 4. The summed E-state index contributed by atoms with van der Waals surface area (Å²) in [6, 6.07) is 8.24. The van der Waals surface area contributed by atoms with Gasteiger partial charge in [-0.05, 0) is 63.8 Å². The smallest absolute Gasteiger partial charge is 0.320 e. The van der Waals surface area contributed by atoms with Gasteiger partial charge in [0.2, 0.25) is 0 Å². The number of benzene rings is 1. The van der Waals surface area contributed by atoms with Crippen LogP contribution < -0.4 is 0 Å². The molecule has 0 aliphatic rings. The Balaban J connectivity index is 2.30. The molecule has 0 radical (unpaired) electrons. The summed E-state index contributed by atoms with van der Waals surface area (Å²) < 4.78 is 21.0. The van der Waals surface area contributed by atoms with Crippen molar-refractivity contribution in [2.24, 2.45) is 0 Å². The van der Waals surface area contributed by atoms with Crippen LogP contribution in [-0.4, -0.2) is 101 Å². The topological polar surface area (TPSA) is 165 Å². The highest BCUT2D eigenvalue weighted by atomic mass is 16.6. The quantitative estimate of drug-likeness (QED) is 0.0911. The fourth-order valence-corrected chi connectivity index (χ4v) is 4.98. The van der Waals surface area contributed by atoms with E-state index in [4.69, 9.17) is 18.9 Å². The van der Waals surface area contributed by atoms with Crippen LogP contribution in [-0.2, 0) is 64.1 Å². The lowest BCUT2D eigenvalue weighted by molar-refractivity contribution is -0.156. The fraction of sp³-hybridized carbons (Fsp3) is 0.605. The minimum absolute atomic E-state index is 0.0342. The Morgan fingerprint density at radius 3 is 1.96 bits per heavy atom. The Hall–Kier alpha value is -4.23. The number of unbranched alkanes of at least 4 members (excludes halogenated alkanes) is 2. The molecule has 284 valence electrons. The Bertz CT molecular complexity index is 1410. The van der Waals surface area contributed by atoms with Crippen molar-refractivity contribution in [1.29, 1.82) is 0 Å². The molecule has 0 amide bonds. The molecule has 0 saturated carbocycles. The Kier molecular flexibility index (Phi) is 19.0. The second-order valence-corrected chi connectivity index (χ2v) is 13.5. The minimum atomic E-state index is -0.723. The molecule has 51 heavy (non-hydrogen) atoms. The van der Waals surface area contributed by atoms with Gasteiger partial charge >= 0.3 is 23.9 Å². The van der Waals surface area contributed by atoms with E-state index < -0.39 is 17.5 Å². The Morgan fingerprint density at radius 1 is 0.745 bits per heavy atom. The van der Waals surface area contributed by atoms with E-state index >= 15 is 0 Å². The maximum Gasteiger partial charge on any atom is 0.320 e. The number of aromatic hydroxyl groups is 2. The van der Waals surface area contributed by atoms with E-state index in [1.807, 2.05) is 18.7 Å². The lowest BCUT2D eigenvalue weighted by atomic mass is 10.0. The molecular weight excluding hydrogens is 658 g/mol. The number of nitrogens with zero attached hydrogens (tertiary/aromatic N) is 3.